The van der Waals surface area contributed by atoms with E-state index in [1.54, 1.807) is 24.3 Å². The van der Waals surface area contributed by atoms with Crippen molar-refractivity contribution in [2.24, 2.45) is 0 Å². The highest BCUT2D eigenvalue weighted by molar-refractivity contribution is 6.40. The summed E-state index contributed by atoms with van der Waals surface area (Å²) in [5.74, 6) is -1.87. The zero-order valence-corrected chi connectivity index (χ0v) is 16.1. The topological polar surface area (TPSA) is 96.5 Å². The minimum absolute atomic E-state index is 0.0468. The Hall–Kier alpha value is -3.19. The lowest BCUT2D eigenvalue weighted by Gasteiger charge is -2.13. The minimum Gasteiger partial charge on any atom is -0.376 e. The Kier molecular flexibility index (Phi) is 7.35. The Morgan fingerprint density at radius 2 is 1.69 bits per heavy atom. The summed E-state index contributed by atoms with van der Waals surface area (Å²) in [6, 6.07) is 16.4. The first-order valence-electron chi connectivity index (χ1n) is 9.75. The predicted molar refractivity (Wildman–Crippen MR) is 110 cm³/mol. The number of anilines is 1. The van der Waals surface area contributed by atoms with Gasteiger partial charge in [0.15, 0.2) is 0 Å². The lowest BCUT2D eigenvalue weighted by atomic mass is 10.1. The van der Waals surface area contributed by atoms with Gasteiger partial charge in [0.05, 0.1) is 17.4 Å². The van der Waals surface area contributed by atoms with Crippen molar-refractivity contribution in [1.82, 2.24) is 10.6 Å². The lowest BCUT2D eigenvalue weighted by Crippen LogP contribution is -2.39. The maximum atomic E-state index is 12.5. The van der Waals surface area contributed by atoms with E-state index in [-0.39, 0.29) is 12.0 Å². The minimum atomic E-state index is -0.812. The van der Waals surface area contributed by atoms with Crippen LogP contribution in [0.3, 0.4) is 0 Å². The standard InChI is InChI=1S/C22H25N3O4/c26-20(23-13-12-16-7-2-1-3-8-16)18-10-4-5-11-19(18)25-22(28)21(27)24-15-17-9-6-14-29-17/h1-5,7-8,10-11,17H,6,9,12-15H2,(H,23,26)(H,24,27)(H,25,28)/t17-/m0/s1. The SMILES string of the molecule is O=C(NC[C@@H]1CCCO1)C(=O)Nc1ccccc1C(=O)NCCc1ccccc1. The van der Waals surface area contributed by atoms with Gasteiger partial charge in [-0.2, -0.15) is 0 Å². The number of nitrogens with one attached hydrogen (secondary N) is 3. The summed E-state index contributed by atoms with van der Waals surface area (Å²) in [5, 5.41) is 7.94. The second-order valence-electron chi connectivity index (χ2n) is 6.84. The summed E-state index contributed by atoms with van der Waals surface area (Å²) >= 11 is 0. The molecule has 0 aromatic heterocycles. The molecule has 1 aliphatic heterocycles. The lowest BCUT2D eigenvalue weighted by molar-refractivity contribution is -0.136. The summed E-state index contributed by atoms with van der Waals surface area (Å²) in [7, 11) is 0. The second kappa shape index (κ2) is 10.4. The number of carbonyl (C=O) groups is 3. The summed E-state index contributed by atoms with van der Waals surface area (Å²) in [5.41, 5.74) is 1.72. The average Bonchev–Trinajstić information content (AvgIpc) is 3.26. The molecule has 7 nitrogen and oxygen atoms in total. The van der Waals surface area contributed by atoms with Crippen LogP contribution in [0, 0.1) is 0 Å². The van der Waals surface area contributed by atoms with Crippen molar-refractivity contribution in [2.45, 2.75) is 25.4 Å². The first kappa shape index (κ1) is 20.5. The number of ether oxygens (including phenoxy) is 1. The van der Waals surface area contributed by atoms with Crippen LogP contribution in [0.5, 0.6) is 0 Å². The molecule has 1 fully saturated rings. The molecule has 1 atom stereocenters. The molecular weight excluding hydrogens is 370 g/mol. The molecule has 29 heavy (non-hydrogen) atoms. The second-order valence-corrected chi connectivity index (χ2v) is 6.84. The average molecular weight is 395 g/mol. The molecule has 1 saturated heterocycles. The molecule has 1 heterocycles. The molecule has 3 N–H and O–H groups in total. The molecule has 2 aromatic rings. The molecule has 0 aliphatic carbocycles. The van der Waals surface area contributed by atoms with Crippen LogP contribution in [-0.2, 0) is 20.7 Å². The highest BCUT2D eigenvalue weighted by Gasteiger charge is 2.20. The van der Waals surface area contributed by atoms with Gasteiger partial charge in [0, 0.05) is 19.7 Å². The first-order chi connectivity index (χ1) is 14.1. The molecule has 0 bridgehead atoms. The molecule has 0 unspecified atom stereocenters. The third-order valence-electron chi connectivity index (χ3n) is 4.68. The zero-order chi connectivity index (χ0) is 20.5. The molecular formula is C22H25N3O4. The highest BCUT2D eigenvalue weighted by atomic mass is 16.5. The van der Waals surface area contributed by atoms with Gasteiger partial charge in [0.25, 0.3) is 5.91 Å². The van der Waals surface area contributed by atoms with Gasteiger partial charge in [0.1, 0.15) is 0 Å². The fourth-order valence-electron chi connectivity index (χ4n) is 3.12. The van der Waals surface area contributed by atoms with Crippen molar-refractivity contribution >= 4 is 23.4 Å². The van der Waals surface area contributed by atoms with Crippen molar-refractivity contribution in [2.75, 3.05) is 25.0 Å². The largest absolute Gasteiger partial charge is 0.376 e. The molecule has 2 aromatic carbocycles. The van der Waals surface area contributed by atoms with Crippen LogP contribution in [0.15, 0.2) is 54.6 Å². The quantitative estimate of drug-likeness (QED) is 0.624. The monoisotopic (exact) mass is 395 g/mol. The van der Waals surface area contributed by atoms with E-state index in [9.17, 15) is 14.4 Å². The summed E-state index contributed by atoms with van der Waals surface area (Å²) in [6.07, 6.45) is 2.48. The number of hydrogen-bond acceptors (Lipinski definition) is 4. The maximum Gasteiger partial charge on any atom is 0.313 e. The van der Waals surface area contributed by atoms with Gasteiger partial charge in [-0.3, -0.25) is 14.4 Å². The molecule has 0 spiro atoms. The van der Waals surface area contributed by atoms with E-state index in [1.807, 2.05) is 30.3 Å². The van der Waals surface area contributed by atoms with Gasteiger partial charge in [-0.05, 0) is 37.0 Å². The molecule has 3 rings (SSSR count). The van der Waals surface area contributed by atoms with E-state index in [2.05, 4.69) is 16.0 Å². The number of para-hydroxylation sites is 1. The van der Waals surface area contributed by atoms with Crippen molar-refractivity contribution < 1.29 is 19.1 Å². The van der Waals surface area contributed by atoms with E-state index in [1.165, 1.54) is 0 Å². The van der Waals surface area contributed by atoms with Crippen molar-refractivity contribution in [3.05, 3.63) is 65.7 Å². The van der Waals surface area contributed by atoms with Gasteiger partial charge in [0.2, 0.25) is 0 Å². The smallest absolute Gasteiger partial charge is 0.313 e. The van der Waals surface area contributed by atoms with E-state index < -0.39 is 11.8 Å². The molecule has 1 aliphatic rings. The van der Waals surface area contributed by atoms with Gasteiger partial charge < -0.3 is 20.7 Å². The summed E-state index contributed by atoms with van der Waals surface area (Å²) < 4.78 is 5.42. The Morgan fingerprint density at radius 3 is 2.45 bits per heavy atom. The molecule has 152 valence electrons. The number of hydrogen-bond donors (Lipinski definition) is 3. The molecule has 0 saturated carbocycles. The van der Waals surface area contributed by atoms with Gasteiger partial charge in [-0.15, -0.1) is 0 Å². The van der Waals surface area contributed by atoms with Gasteiger partial charge in [-0.25, -0.2) is 0 Å². The van der Waals surface area contributed by atoms with Gasteiger partial charge >= 0.3 is 11.8 Å². The van der Waals surface area contributed by atoms with Crippen LogP contribution in [0.25, 0.3) is 0 Å². The van der Waals surface area contributed by atoms with Crippen molar-refractivity contribution in [3.8, 4) is 0 Å². The highest BCUT2D eigenvalue weighted by Crippen LogP contribution is 2.15. The predicted octanol–water partition coefficient (Wildman–Crippen LogP) is 1.89. The Balaban J connectivity index is 1.52. The van der Waals surface area contributed by atoms with Gasteiger partial charge in [-0.1, -0.05) is 42.5 Å². The van der Waals surface area contributed by atoms with E-state index >= 15 is 0 Å². The molecule has 0 radical (unpaired) electrons. The summed E-state index contributed by atoms with van der Waals surface area (Å²) in [6.45, 7) is 1.44. The van der Waals surface area contributed by atoms with E-state index in [0.29, 0.717) is 37.4 Å². The van der Waals surface area contributed by atoms with Crippen LogP contribution in [0.4, 0.5) is 5.69 Å². The number of benzene rings is 2. The Labute approximate surface area is 169 Å². The third kappa shape index (κ3) is 6.15. The zero-order valence-electron chi connectivity index (χ0n) is 16.1. The van der Waals surface area contributed by atoms with Crippen LogP contribution in [0.1, 0.15) is 28.8 Å². The first-order valence-corrected chi connectivity index (χ1v) is 9.75. The molecule has 7 heteroatoms. The Morgan fingerprint density at radius 1 is 0.931 bits per heavy atom. The number of rotatable bonds is 7. The fourth-order valence-corrected chi connectivity index (χ4v) is 3.12. The van der Waals surface area contributed by atoms with Crippen molar-refractivity contribution in [1.29, 1.82) is 0 Å². The van der Waals surface area contributed by atoms with Crippen molar-refractivity contribution in [3.63, 3.8) is 0 Å². The van der Waals surface area contributed by atoms with Crippen LogP contribution in [-0.4, -0.2) is 43.5 Å². The van der Waals surface area contributed by atoms with E-state index in [4.69, 9.17) is 4.74 Å². The van der Waals surface area contributed by atoms with Crippen LogP contribution < -0.4 is 16.0 Å². The summed E-state index contributed by atoms with van der Waals surface area (Å²) in [4.78, 5) is 36.8. The Bertz CT molecular complexity index is 848. The number of amides is 3. The fraction of sp³-hybridized carbons (Fsp3) is 0.318. The molecule has 3 amide bonds. The normalized spacial score (nSPS) is 15.5. The van der Waals surface area contributed by atoms with E-state index in [0.717, 1.165) is 18.4 Å². The van der Waals surface area contributed by atoms with Crippen LogP contribution in [0.2, 0.25) is 0 Å². The van der Waals surface area contributed by atoms with Crippen LogP contribution >= 0.6 is 0 Å². The third-order valence-corrected chi connectivity index (χ3v) is 4.68. The maximum absolute atomic E-state index is 12.5. The number of carbonyl (C=O) groups excluding carboxylic acids is 3.